The van der Waals surface area contributed by atoms with Crippen molar-refractivity contribution in [2.75, 3.05) is 6.61 Å². The van der Waals surface area contributed by atoms with Crippen LogP contribution in [0, 0.1) is 11.5 Å². The predicted molar refractivity (Wildman–Crippen MR) is 53.4 cm³/mol. The van der Waals surface area contributed by atoms with Gasteiger partial charge < -0.3 is 4.74 Å². The van der Waals surface area contributed by atoms with Crippen LogP contribution in [0.25, 0.3) is 4.85 Å². The Labute approximate surface area is 82.2 Å². The summed E-state index contributed by atoms with van der Waals surface area (Å²) in [7, 11) is 0. The fourth-order valence-electron chi connectivity index (χ4n) is 1.01. The Bertz CT molecular complexity index is 394. The van der Waals surface area contributed by atoms with Gasteiger partial charge in [0.2, 0.25) is 6.07 Å². The van der Waals surface area contributed by atoms with Crippen LogP contribution in [-0.2, 0) is 9.53 Å². The van der Waals surface area contributed by atoms with Crippen molar-refractivity contribution >= 4 is 11.8 Å². The van der Waals surface area contributed by atoms with Gasteiger partial charge in [0.1, 0.15) is 6.61 Å². The van der Waals surface area contributed by atoms with E-state index in [2.05, 4.69) is 10.9 Å². The van der Waals surface area contributed by atoms with Gasteiger partial charge in [-0.1, -0.05) is 17.6 Å². The van der Waals surface area contributed by atoms with E-state index in [0.717, 1.165) is 5.57 Å². The molecule has 1 aliphatic rings. The third-order valence-electron chi connectivity index (χ3n) is 1.59. The van der Waals surface area contributed by atoms with E-state index in [1.807, 2.05) is 13.0 Å². The van der Waals surface area contributed by atoms with Gasteiger partial charge in [-0.15, -0.1) is 0 Å². The number of rotatable bonds is 1. The van der Waals surface area contributed by atoms with Crippen LogP contribution in [0.4, 0.5) is 0 Å². The quantitative estimate of drug-likeness (QED) is 0.390. The Hall–Kier alpha value is -1.89. The maximum absolute atomic E-state index is 11.2. The van der Waals surface area contributed by atoms with E-state index in [0.29, 0.717) is 5.57 Å². The minimum Gasteiger partial charge on any atom is -0.457 e. The maximum atomic E-state index is 11.2. The van der Waals surface area contributed by atoms with Crippen molar-refractivity contribution in [1.82, 2.24) is 0 Å². The van der Waals surface area contributed by atoms with E-state index in [9.17, 15) is 4.79 Å². The van der Waals surface area contributed by atoms with Gasteiger partial charge >= 0.3 is 11.8 Å². The Kier molecular flexibility index (Phi) is 3.19. The first-order valence-electron chi connectivity index (χ1n) is 4.20. The van der Waals surface area contributed by atoms with Gasteiger partial charge in [0.25, 0.3) is 0 Å². The molecule has 0 fully saturated rings. The number of ether oxygens (including phenoxy) is 1. The summed E-state index contributed by atoms with van der Waals surface area (Å²) in [6.45, 7) is 3.63. The lowest BCUT2D eigenvalue weighted by molar-refractivity contribution is -0.135. The second kappa shape index (κ2) is 4.38. The molecule has 72 valence electrons. The van der Waals surface area contributed by atoms with E-state index in [1.165, 1.54) is 6.92 Å². The highest BCUT2D eigenvalue weighted by Gasteiger charge is 2.24. The van der Waals surface area contributed by atoms with E-state index in [4.69, 9.17) is 10.1 Å². The van der Waals surface area contributed by atoms with E-state index < -0.39 is 5.97 Å². The van der Waals surface area contributed by atoms with E-state index in [-0.39, 0.29) is 12.4 Å². The predicted octanol–water partition coefficient (Wildman–Crippen LogP) is 1.75. The molecule has 0 bridgehead atoms. The normalized spacial score (nSPS) is 15.4. The van der Waals surface area contributed by atoms with Crippen LogP contribution in [-0.4, -0.2) is 18.4 Å². The van der Waals surface area contributed by atoms with Crippen LogP contribution >= 0.6 is 0 Å². The molecule has 4 nitrogen and oxygen atoms in total. The summed E-state index contributed by atoms with van der Waals surface area (Å²) in [6, 6.07) is 2.52. The minimum absolute atomic E-state index is 0.108. The lowest BCUT2D eigenvalue weighted by Gasteiger charge is -1.87. The number of esters is 1. The first-order valence-corrected chi connectivity index (χ1v) is 4.20. The van der Waals surface area contributed by atoms with Crippen LogP contribution in [0.2, 0.25) is 0 Å². The summed E-state index contributed by atoms with van der Waals surface area (Å²) in [5.41, 5.74) is 1.07. The van der Waals surface area contributed by atoms with Crippen molar-refractivity contribution in [2.24, 2.45) is 0 Å². The van der Waals surface area contributed by atoms with Crippen molar-refractivity contribution in [3.8, 4) is 6.07 Å². The van der Waals surface area contributed by atoms with Gasteiger partial charge in [-0.3, -0.25) is 0 Å². The number of hydrogen-bond donors (Lipinski definition) is 1. The van der Waals surface area contributed by atoms with Gasteiger partial charge in [-0.25, -0.2) is 4.79 Å². The third kappa shape index (κ3) is 2.30. The number of cyclic esters (lactones) is 1. The maximum Gasteiger partial charge on any atom is 0.390 e. The summed E-state index contributed by atoms with van der Waals surface area (Å²) >= 11 is 0. The van der Waals surface area contributed by atoms with Gasteiger partial charge in [-0.2, -0.15) is 4.85 Å². The number of allylic oxidation sites excluding steroid dienone is 1. The number of carbonyl (C=O) groups excluding carboxylic acids is 1. The molecule has 0 aromatic rings. The fraction of sp³-hybridized carbons (Fsp3) is 0.300. The van der Waals surface area contributed by atoms with Crippen molar-refractivity contribution in [1.29, 1.82) is 5.41 Å². The zero-order valence-corrected chi connectivity index (χ0v) is 8.13. The molecule has 14 heavy (non-hydrogen) atoms. The monoisotopic (exact) mass is 191 g/mol. The van der Waals surface area contributed by atoms with Crippen molar-refractivity contribution in [2.45, 2.75) is 13.8 Å². The molecule has 0 amide bonds. The molecule has 1 aliphatic heterocycles. The SMILES string of the molecule is C/C=C\C1=C(C#[N+]C(C)=N)C(=O)OC1. The van der Waals surface area contributed by atoms with Crippen molar-refractivity contribution in [3.63, 3.8) is 0 Å². The number of nitrogens with zero attached hydrogens (tertiary/aromatic N) is 1. The summed E-state index contributed by atoms with van der Waals surface area (Å²) in [5.74, 6) is -0.319. The Morgan fingerprint density at radius 1 is 1.71 bits per heavy atom. The Balaban J connectivity index is 3.03. The molecule has 4 heteroatoms. The summed E-state index contributed by atoms with van der Waals surface area (Å²) in [6.07, 6.45) is 3.60. The first-order chi connectivity index (χ1) is 6.65. The lowest BCUT2D eigenvalue weighted by Crippen LogP contribution is -1.96. The topological polar surface area (TPSA) is 54.5 Å². The summed E-state index contributed by atoms with van der Waals surface area (Å²) in [4.78, 5) is 14.8. The number of hydrogen-bond acceptors (Lipinski definition) is 3. The van der Waals surface area contributed by atoms with Crippen LogP contribution in [0.3, 0.4) is 0 Å². The molecule has 0 atom stereocenters. The highest BCUT2D eigenvalue weighted by atomic mass is 16.5. The molecular formula is C10H11N2O2+. The molecule has 0 aromatic heterocycles. The van der Waals surface area contributed by atoms with Gasteiger partial charge in [0.15, 0.2) is 5.57 Å². The fourth-order valence-corrected chi connectivity index (χ4v) is 1.01. The van der Waals surface area contributed by atoms with Crippen molar-refractivity contribution in [3.05, 3.63) is 28.1 Å². The highest BCUT2D eigenvalue weighted by molar-refractivity contribution is 5.98. The van der Waals surface area contributed by atoms with Crippen molar-refractivity contribution < 1.29 is 9.53 Å². The second-order valence-corrected chi connectivity index (χ2v) is 2.79. The first kappa shape index (κ1) is 10.2. The molecule has 0 radical (unpaired) electrons. The minimum atomic E-state index is -0.428. The van der Waals surface area contributed by atoms with E-state index >= 15 is 0 Å². The average molecular weight is 191 g/mol. The second-order valence-electron chi connectivity index (χ2n) is 2.79. The third-order valence-corrected chi connectivity index (χ3v) is 1.59. The molecule has 0 spiro atoms. The van der Waals surface area contributed by atoms with Gasteiger partial charge in [0.05, 0.1) is 6.92 Å². The molecular weight excluding hydrogens is 180 g/mol. The molecule has 0 saturated heterocycles. The molecule has 0 saturated carbocycles. The van der Waals surface area contributed by atoms with Crippen LogP contribution in [0.5, 0.6) is 0 Å². The number of carbonyl (C=O) groups is 1. The molecule has 0 aliphatic carbocycles. The molecule has 1 heterocycles. The van der Waals surface area contributed by atoms with Gasteiger partial charge in [0, 0.05) is 5.57 Å². The van der Waals surface area contributed by atoms with Crippen LogP contribution in [0.1, 0.15) is 13.8 Å². The standard InChI is InChI=1S/C10H11N2O2/c1-3-4-8-6-14-10(13)9(8)5-12-7(2)11/h3-4,11H,6H2,1-2H3/q+1/b4-3-,11-7?. The number of nitrogens with one attached hydrogen (secondary N) is 1. The Morgan fingerprint density at radius 2 is 2.43 bits per heavy atom. The molecule has 1 N–H and O–H groups in total. The molecule has 0 aromatic carbocycles. The largest absolute Gasteiger partial charge is 0.457 e. The zero-order valence-electron chi connectivity index (χ0n) is 8.13. The molecule has 1 rings (SSSR count). The van der Waals surface area contributed by atoms with Crippen LogP contribution < -0.4 is 0 Å². The molecule has 0 unspecified atom stereocenters. The summed E-state index contributed by atoms with van der Waals surface area (Å²) in [5, 5.41) is 7.07. The Morgan fingerprint density at radius 3 is 3.00 bits per heavy atom. The zero-order chi connectivity index (χ0) is 10.6. The summed E-state index contributed by atoms with van der Waals surface area (Å²) < 4.78 is 4.81. The van der Waals surface area contributed by atoms with Crippen LogP contribution in [0.15, 0.2) is 23.3 Å². The lowest BCUT2D eigenvalue weighted by atomic mass is 10.1. The smallest absolute Gasteiger partial charge is 0.390 e. The number of amidine groups is 1. The van der Waals surface area contributed by atoms with E-state index in [1.54, 1.807) is 6.08 Å². The average Bonchev–Trinajstić information content (AvgIpc) is 2.45. The van der Waals surface area contributed by atoms with Gasteiger partial charge in [-0.05, 0) is 6.92 Å². The highest BCUT2D eigenvalue weighted by Crippen LogP contribution is 2.16.